The molecule has 5 unspecified atom stereocenters. The van der Waals surface area contributed by atoms with Crippen molar-refractivity contribution in [2.75, 3.05) is 120 Å². The van der Waals surface area contributed by atoms with Crippen LogP contribution in [0.15, 0.2) is 72.8 Å². The fraction of sp³-hybridized carbons (Fsp3) is 0.596. The molecule has 3 N–H and O–H groups in total. The second-order valence-electron chi connectivity index (χ2n) is 19.2. The lowest BCUT2D eigenvalue weighted by Crippen LogP contribution is -2.55. The molecule has 12 nitrogen and oxygen atoms in total. The molecule has 0 spiro atoms. The van der Waals surface area contributed by atoms with E-state index in [-0.39, 0.29) is 35.5 Å². The Bertz CT molecular complexity index is 1970. The van der Waals surface area contributed by atoms with Crippen LogP contribution in [0.25, 0.3) is 0 Å². The van der Waals surface area contributed by atoms with Crippen molar-refractivity contribution >= 4 is 34.8 Å². The third-order valence-electron chi connectivity index (χ3n) is 14.8. The lowest BCUT2D eigenvalue weighted by Gasteiger charge is -2.44. The zero-order valence-electron chi connectivity index (χ0n) is 39.6. The summed E-state index contributed by atoms with van der Waals surface area (Å²) < 4.78 is 0. The van der Waals surface area contributed by atoms with Gasteiger partial charge in [0.05, 0.1) is 0 Å². The van der Waals surface area contributed by atoms with Gasteiger partial charge in [-0.05, 0) is 121 Å². The van der Waals surface area contributed by atoms with E-state index in [9.17, 15) is 14.4 Å². The Morgan fingerprint density at radius 2 is 0.891 bits per heavy atom. The first kappa shape index (κ1) is 47.3. The van der Waals surface area contributed by atoms with Crippen LogP contribution in [0.1, 0.15) is 63.1 Å². The van der Waals surface area contributed by atoms with Crippen molar-refractivity contribution in [3.63, 3.8) is 0 Å². The molecule has 6 fully saturated rings. The van der Waals surface area contributed by atoms with Crippen LogP contribution >= 0.6 is 0 Å². The smallest absolute Gasteiger partial charge is 0.223 e. The summed E-state index contributed by atoms with van der Waals surface area (Å²) in [6, 6.07) is 26.9. The van der Waals surface area contributed by atoms with E-state index in [1.165, 1.54) is 46.7 Å². The standard InChI is InChI=1S/C18H27N3O.2C17H25N3O/c1-13-11-21(12-14(2)20(13)3)17-7-5-4-6-15(17)10-16-8-9-19-18(16)22;1-19-9-4-10-20(12-11-19)16-6-3-2-5-14(16)13-15-7-8-18-17(15)21;1-2-19-9-11-20(12-10-19)16-6-4-3-5-14(16)13-15-7-8-18-17(15)21/h4-7,13-14,16H,8-12H2,1-3H3,(H,19,22);2-3,5-6,15H,4,7-13H2,1H3,(H,18,21);3-6,15H,2,7-13H2,1H3,(H,18,21). The van der Waals surface area contributed by atoms with Crippen molar-refractivity contribution in [3.8, 4) is 0 Å². The van der Waals surface area contributed by atoms with Crippen LogP contribution in [-0.4, -0.2) is 150 Å². The molecule has 6 saturated heterocycles. The first-order valence-electron chi connectivity index (χ1n) is 24.5. The number of amides is 3. The van der Waals surface area contributed by atoms with Gasteiger partial charge < -0.3 is 40.4 Å². The quantitative estimate of drug-likeness (QED) is 0.262. The lowest BCUT2D eigenvalue weighted by atomic mass is 9.95. The minimum Gasteiger partial charge on any atom is -0.370 e. The number of piperazine rings is 2. The van der Waals surface area contributed by atoms with Gasteiger partial charge in [0.1, 0.15) is 0 Å². The van der Waals surface area contributed by atoms with Gasteiger partial charge in [-0.25, -0.2) is 0 Å². The number of carbonyl (C=O) groups is 3. The average Bonchev–Trinajstić information content (AvgIpc) is 4.00. The predicted molar refractivity (Wildman–Crippen MR) is 261 cm³/mol. The van der Waals surface area contributed by atoms with Crippen molar-refractivity contribution < 1.29 is 14.4 Å². The van der Waals surface area contributed by atoms with Gasteiger partial charge in [0.15, 0.2) is 0 Å². The summed E-state index contributed by atoms with van der Waals surface area (Å²) in [6.45, 7) is 21.4. The Kier molecular flexibility index (Phi) is 17.0. The molecule has 3 aromatic rings. The second kappa shape index (κ2) is 23.0. The molecule has 0 radical (unpaired) electrons. The summed E-state index contributed by atoms with van der Waals surface area (Å²) in [5, 5.41) is 8.84. The van der Waals surface area contributed by atoms with Crippen LogP contribution in [0.3, 0.4) is 0 Å². The molecule has 0 aromatic heterocycles. The molecule has 9 rings (SSSR count). The highest BCUT2D eigenvalue weighted by Gasteiger charge is 2.31. The van der Waals surface area contributed by atoms with E-state index in [1.54, 1.807) is 0 Å². The Balaban J connectivity index is 0.000000144. The number of nitrogens with one attached hydrogen (secondary N) is 3. The van der Waals surface area contributed by atoms with Gasteiger partial charge in [-0.15, -0.1) is 0 Å². The number of hydrogen-bond acceptors (Lipinski definition) is 9. The van der Waals surface area contributed by atoms with Crippen LogP contribution in [0.5, 0.6) is 0 Å². The summed E-state index contributed by atoms with van der Waals surface area (Å²) in [5.41, 5.74) is 7.93. The maximum absolute atomic E-state index is 11.9. The summed E-state index contributed by atoms with van der Waals surface area (Å²) in [7, 11) is 4.40. The number of nitrogens with zero attached hydrogens (tertiary/aromatic N) is 6. The Morgan fingerprint density at radius 1 is 0.500 bits per heavy atom. The van der Waals surface area contributed by atoms with E-state index in [0.29, 0.717) is 12.1 Å². The fourth-order valence-corrected chi connectivity index (χ4v) is 10.5. The van der Waals surface area contributed by atoms with Crippen LogP contribution < -0.4 is 30.7 Å². The summed E-state index contributed by atoms with van der Waals surface area (Å²) in [5.74, 6) is 1.11. The summed E-state index contributed by atoms with van der Waals surface area (Å²) >= 11 is 0. The Labute approximate surface area is 384 Å². The highest BCUT2D eigenvalue weighted by Crippen LogP contribution is 2.30. The number of likely N-dealkylation sites (N-methyl/N-ethyl adjacent to an activating group) is 3. The van der Waals surface area contributed by atoms with Crippen LogP contribution in [-0.2, 0) is 33.6 Å². The second-order valence-corrected chi connectivity index (χ2v) is 19.2. The van der Waals surface area contributed by atoms with E-state index in [0.717, 1.165) is 124 Å². The molecule has 348 valence electrons. The SMILES string of the molecule is CC1CN(c2ccccc2CC2CCNC2=O)CC(C)N1C.CCN1CCN(c2ccccc2CC2CCNC2=O)CC1.CN1CCCN(c2ccccc2CC2CCNC2=O)CC1. The lowest BCUT2D eigenvalue weighted by molar-refractivity contribution is -0.123. The maximum Gasteiger partial charge on any atom is 0.223 e. The number of para-hydroxylation sites is 3. The van der Waals surface area contributed by atoms with E-state index < -0.39 is 0 Å². The van der Waals surface area contributed by atoms with E-state index in [4.69, 9.17) is 0 Å². The van der Waals surface area contributed by atoms with Gasteiger partial charge in [0, 0.05) is 125 Å². The molecule has 64 heavy (non-hydrogen) atoms. The number of hydrogen-bond donors (Lipinski definition) is 3. The molecule has 3 aromatic carbocycles. The van der Waals surface area contributed by atoms with Crippen molar-refractivity contribution in [2.45, 2.75) is 77.8 Å². The maximum atomic E-state index is 11.9. The van der Waals surface area contributed by atoms with Crippen molar-refractivity contribution in [1.82, 2.24) is 30.7 Å². The zero-order valence-corrected chi connectivity index (χ0v) is 39.6. The largest absolute Gasteiger partial charge is 0.370 e. The molecular formula is C52H77N9O3. The van der Waals surface area contributed by atoms with Gasteiger partial charge in [0.25, 0.3) is 0 Å². The molecule has 5 atom stereocenters. The molecular weight excluding hydrogens is 799 g/mol. The molecule has 3 amide bonds. The molecule has 6 aliphatic rings. The number of carbonyl (C=O) groups excluding carboxylic acids is 3. The van der Waals surface area contributed by atoms with Crippen molar-refractivity contribution in [1.29, 1.82) is 0 Å². The topological polar surface area (TPSA) is 107 Å². The minimum atomic E-state index is 0.142. The first-order chi connectivity index (χ1) is 31.1. The predicted octanol–water partition coefficient (Wildman–Crippen LogP) is 4.91. The van der Waals surface area contributed by atoms with E-state index >= 15 is 0 Å². The van der Waals surface area contributed by atoms with Gasteiger partial charge in [-0.3, -0.25) is 19.3 Å². The van der Waals surface area contributed by atoms with Gasteiger partial charge in [0.2, 0.25) is 17.7 Å². The number of benzene rings is 3. The highest BCUT2D eigenvalue weighted by atomic mass is 16.2. The third kappa shape index (κ3) is 12.4. The monoisotopic (exact) mass is 876 g/mol. The normalized spacial score (nSPS) is 25.7. The van der Waals surface area contributed by atoms with E-state index in [2.05, 4.69) is 153 Å². The first-order valence-corrected chi connectivity index (χ1v) is 24.5. The van der Waals surface area contributed by atoms with Crippen LogP contribution in [0, 0.1) is 17.8 Å². The van der Waals surface area contributed by atoms with Crippen LogP contribution in [0.4, 0.5) is 17.1 Å². The number of rotatable bonds is 10. The fourth-order valence-electron chi connectivity index (χ4n) is 10.5. The van der Waals surface area contributed by atoms with Gasteiger partial charge in [-0.2, -0.15) is 0 Å². The molecule has 6 aliphatic heterocycles. The summed E-state index contributed by atoms with van der Waals surface area (Å²) in [4.78, 5) is 50.3. The highest BCUT2D eigenvalue weighted by molar-refractivity contribution is 5.82. The zero-order chi connectivity index (χ0) is 45.0. The van der Waals surface area contributed by atoms with E-state index in [1.807, 2.05) is 0 Å². The third-order valence-corrected chi connectivity index (χ3v) is 14.8. The molecule has 0 saturated carbocycles. The summed E-state index contributed by atoms with van der Waals surface area (Å²) in [6.07, 6.45) is 6.70. The average molecular weight is 876 g/mol. The number of anilines is 3. The van der Waals surface area contributed by atoms with Gasteiger partial charge >= 0.3 is 0 Å². The Morgan fingerprint density at radius 3 is 1.30 bits per heavy atom. The minimum absolute atomic E-state index is 0.142. The molecule has 0 aliphatic carbocycles. The van der Waals surface area contributed by atoms with Crippen molar-refractivity contribution in [3.05, 3.63) is 89.5 Å². The Hall–Kier alpha value is -4.65. The molecule has 0 bridgehead atoms. The van der Waals surface area contributed by atoms with Crippen molar-refractivity contribution in [2.24, 2.45) is 17.8 Å². The van der Waals surface area contributed by atoms with Gasteiger partial charge in [-0.1, -0.05) is 61.5 Å². The molecule has 12 heteroatoms. The van der Waals surface area contributed by atoms with Crippen LogP contribution in [0.2, 0.25) is 0 Å². The molecule has 6 heterocycles.